The van der Waals surface area contributed by atoms with Gasteiger partial charge in [-0.1, -0.05) is 12.8 Å². The van der Waals surface area contributed by atoms with Gasteiger partial charge < -0.3 is 10.6 Å². The van der Waals surface area contributed by atoms with Crippen LogP contribution >= 0.6 is 11.3 Å². The van der Waals surface area contributed by atoms with E-state index in [2.05, 4.69) is 20.5 Å². The number of aromatic nitrogens is 1. The van der Waals surface area contributed by atoms with Crippen molar-refractivity contribution in [1.29, 1.82) is 0 Å². The molecule has 1 aliphatic heterocycles. The Morgan fingerprint density at radius 3 is 2.60 bits per heavy atom. The first kappa shape index (κ1) is 14.9. The number of likely N-dealkylation sites (tertiary alicyclic amines) is 1. The second-order valence-corrected chi connectivity index (χ2v) is 5.75. The number of rotatable bonds is 5. The van der Waals surface area contributed by atoms with Crippen molar-refractivity contribution in [2.24, 2.45) is 0 Å². The highest BCUT2D eigenvalue weighted by molar-refractivity contribution is 7.13. The quantitative estimate of drug-likeness (QED) is 0.852. The normalized spacial score (nSPS) is 16.4. The van der Waals surface area contributed by atoms with Crippen LogP contribution in [-0.4, -0.2) is 47.9 Å². The summed E-state index contributed by atoms with van der Waals surface area (Å²) in [5.74, 6) is -0.342. The highest BCUT2D eigenvalue weighted by Crippen LogP contribution is 2.10. The Morgan fingerprint density at radius 2 is 1.95 bits per heavy atom. The van der Waals surface area contributed by atoms with Crippen LogP contribution in [-0.2, 0) is 9.59 Å². The highest BCUT2D eigenvalue weighted by atomic mass is 32.1. The van der Waals surface area contributed by atoms with Crippen LogP contribution in [0.3, 0.4) is 0 Å². The molecular formula is C13H20N4O2S. The molecule has 2 N–H and O–H groups in total. The third kappa shape index (κ3) is 5.26. The lowest BCUT2D eigenvalue weighted by Crippen LogP contribution is -2.40. The molecule has 0 spiro atoms. The summed E-state index contributed by atoms with van der Waals surface area (Å²) in [6.07, 6.45) is 6.41. The van der Waals surface area contributed by atoms with Crippen LogP contribution in [0.1, 0.15) is 25.7 Å². The van der Waals surface area contributed by atoms with Gasteiger partial charge in [0.05, 0.1) is 13.1 Å². The molecule has 7 heteroatoms. The van der Waals surface area contributed by atoms with Gasteiger partial charge in [0, 0.05) is 11.6 Å². The number of anilines is 1. The van der Waals surface area contributed by atoms with E-state index in [0.717, 1.165) is 25.9 Å². The second-order valence-electron chi connectivity index (χ2n) is 4.85. The van der Waals surface area contributed by atoms with Crippen molar-refractivity contribution in [1.82, 2.24) is 15.2 Å². The topological polar surface area (TPSA) is 74.3 Å². The zero-order chi connectivity index (χ0) is 14.2. The van der Waals surface area contributed by atoms with Crippen LogP contribution in [0.4, 0.5) is 5.13 Å². The number of hydrogen-bond acceptors (Lipinski definition) is 5. The summed E-state index contributed by atoms with van der Waals surface area (Å²) in [6, 6.07) is 0. The van der Waals surface area contributed by atoms with Gasteiger partial charge in [0.1, 0.15) is 0 Å². The number of nitrogens with zero attached hydrogens (tertiary/aromatic N) is 2. The molecule has 2 amide bonds. The second kappa shape index (κ2) is 7.96. The van der Waals surface area contributed by atoms with Gasteiger partial charge in [-0.05, 0) is 25.9 Å². The minimum Gasteiger partial charge on any atom is -0.346 e. The summed E-state index contributed by atoms with van der Waals surface area (Å²) >= 11 is 1.35. The van der Waals surface area contributed by atoms with Gasteiger partial charge >= 0.3 is 0 Å². The van der Waals surface area contributed by atoms with Crippen LogP contribution in [0.15, 0.2) is 11.6 Å². The van der Waals surface area contributed by atoms with E-state index in [1.54, 1.807) is 11.6 Å². The summed E-state index contributed by atoms with van der Waals surface area (Å²) in [6.45, 7) is 2.31. The monoisotopic (exact) mass is 296 g/mol. The van der Waals surface area contributed by atoms with E-state index in [1.165, 1.54) is 24.2 Å². The van der Waals surface area contributed by atoms with Crippen molar-refractivity contribution in [3.63, 3.8) is 0 Å². The first-order valence-corrected chi connectivity index (χ1v) is 7.80. The first-order valence-electron chi connectivity index (χ1n) is 6.92. The molecule has 1 saturated heterocycles. The van der Waals surface area contributed by atoms with E-state index in [9.17, 15) is 9.59 Å². The van der Waals surface area contributed by atoms with E-state index >= 15 is 0 Å². The van der Waals surface area contributed by atoms with E-state index in [4.69, 9.17) is 0 Å². The smallest absolute Gasteiger partial charge is 0.245 e. The van der Waals surface area contributed by atoms with Crippen LogP contribution in [0.2, 0.25) is 0 Å². The van der Waals surface area contributed by atoms with E-state index in [1.807, 2.05) is 0 Å². The van der Waals surface area contributed by atoms with Crippen molar-refractivity contribution >= 4 is 28.3 Å². The van der Waals surface area contributed by atoms with Gasteiger partial charge in [-0.15, -0.1) is 11.3 Å². The Hall–Kier alpha value is -1.47. The van der Waals surface area contributed by atoms with E-state index in [-0.39, 0.29) is 18.4 Å². The fourth-order valence-electron chi connectivity index (χ4n) is 2.18. The molecule has 20 heavy (non-hydrogen) atoms. The fraction of sp³-hybridized carbons (Fsp3) is 0.615. The Bertz CT molecular complexity index is 428. The lowest BCUT2D eigenvalue weighted by atomic mass is 10.2. The number of carbonyl (C=O) groups excluding carboxylic acids is 2. The van der Waals surface area contributed by atoms with Crippen molar-refractivity contribution < 1.29 is 9.59 Å². The average Bonchev–Trinajstić information content (AvgIpc) is 2.80. The van der Waals surface area contributed by atoms with Gasteiger partial charge in [0.15, 0.2) is 5.13 Å². The van der Waals surface area contributed by atoms with Crippen molar-refractivity contribution in [3.05, 3.63) is 11.6 Å². The number of nitrogens with one attached hydrogen (secondary N) is 2. The number of amides is 2. The third-order valence-electron chi connectivity index (χ3n) is 3.19. The molecule has 2 heterocycles. The highest BCUT2D eigenvalue weighted by Gasteiger charge is 2.13. The molecule has 1 aromatic rings. The molecule has 110 valence electrons. The number of thiazole rings is 1. The Balaban J connectivity index is 1.65. The predicted octanol–water partition coefficient (Wildman–Crippen LogP) is 1.07. The molecule has 2 rings (SSSR count). The van der Waals surface area contributed by atoms with Crippen LogP contribution in [0, 0.1) is 0 Å². The zero-order valence-corrected chi connectivity index (χ0v) is 12.2. The lowest BCUT2D eigenvalue weighted by Gasteiger charge is -2.18. The number of carbonyl (C=O) groups is 2. The van der Waals surface area contributed by atoms with Crippen LogP contribution in [0.25, 0.3) is 0 Å². The van der Waals surface area contributed by atoms with Crippen molar-refractivity contribution in [2.75, 3.05) is 31.5 Å². The Kier molecular flexibility index (Phi) is 5.94. The van der Waals surface area contributed by atoms with Crippen molar-refractivity contribution in [2.45, 2.75) is 25.7 Å². The minimum atomic E-state index is -0.246. The average molecular weight is 296 g/mol. The van der Waals surface area contributed by atoms with E-state index < -0.39 is 0 Å². The summed E-state index contributed by atoms with van der Waals surface area (Å²) in [5.41, 5.74) is 0. The standard InChI is InChI=1S/C13H20N4O2S/c18-11(16-13-14-5-8-20-13)9-15-12(19)10-17-6-3-1-2-4-7-17/h5,8H,1-4,6-7,9-10H2,(H,15,19)(H,14,16,18). The molecule has 0 radical (unpaired) electrons. The maximum atomic E-state index is 11.8. The minimum absolute atomic E-state index is 0.00769. The maximum Gasteiger partial charge on any atom is 0.245 e. The number of hydrogen-bond donors (Lipinski definition) is 2. The summed E-state index contributed by atoms with van der Waals surface area (Å²) in [7, 11) is 0. The summed E-state index contributed by atoms with van der Waals surface area (Å²) < 4.78 is 0. The van der Waals surface area contributed by atoms with E-state index in [0.29, 0.717) is 11.7 Å². The molecule has 1 fully saturated rings. The van der Waals surface area contributed by atoms with Crippen LogP contribution < -0.4 is 10.6 Å². The zero-order valence-electron chi connectivity index (χ0n) is 11.4. The molecular weight excluding hydrogens is 276 g/mol. The molecule has 0 saturated carbocycles. The van der Waals surface area contributed by atoms with Gasteiger partial charge in [-0.3, -0.25) is 14.5 Å². The molecule has 0 aromatic carbocycles. The Labute approximate surface area is 122 Å². The molecule has 1 aliphatic rings. The first-order chi connectivity index (χ1) is 9.74. The summed E-state index contributed by atoms with van der Waals surface area (Å²) in [5, 5.41) is 7.62. The van der Waals surface area contributed by atoms with Gasteiger partial charge in [-0.25, -0.2) is 4.98 Å². The third-order valence-corrected chi connectivity index (χ3v) is 3.88. The van der Waals surface area contributed by atoms with Gasteiger partial charge in [0.25, 0.3) is 0 Å². The largest absolute Gasteiger partial charge is 0.346 e. The Morgan fingerprint density at radius 1 is 1.20 bits per heavy atom. The molecule has 1 aromatic heterocycles. The predicted molar refractivity (Wildman–Crippen MR) is 78.7 cm³/mol. The van der Waals surface area contributed by atoms with Gasteiger partial charge in [0.2, 0.25) is 11.8 Å². The molecule has 0 aliphatic carbocycles. The van der Waals surface area contributed by atoms with Crippen molar-refractivity contribution in [3.8, 4) is 0 Å². The molecule has 0 bridgehead atoms. The SMILES string of the molecule is O=C(CN1CCCCCC1)NCC(=O)Nc1nccs1. The molecule has 0 unspecified atom stereocenters. The molecule has 0 atom stereocenters. The van der Waals surface area contributed by atoms with Crippen LogP contribution in [0.5, 0.6) is 0 Å². The fourth-order valence-corrected chi connectivity index (χ4v) is 2.73. The molecule has 6 nitrogen and oxygen atoms in total. The lowest BCUT2D eigenvalue weighted by molar-refractivity contribution is -0.125. The maximum absolute atomic E-state index is 11.8. The summed E-state index contributed by atoms with van der Waals surface area (Å²) in [4.78, 5) is 29.5. The van der Waals surface area contributed by atoms with Gasteiger partial charge in [-0.2, -0.15) is 0 Å².